The molecule has 1 saturated heterocycles. The number of aryl methyl sites for hydroxylation is 4. The summed E-state index contributed by atoms with van der Waals surface area (Å²) in [7, 11) is 2.03. The minimum Gasteiger partial charge on any atom is -0.337 e. The number of amides is 1. The molecule has 3 rings (SSSR count). The van der Waals surface area contributed by atoms with E-state index in [4.69, 9.17) is 0 Å². The van der Waals surface area contributed by atoms with Crippen LogP contribution in [0.2, 0.25) is 0 Å². The van der Waals surface area contributed by atoms with E-state index in [0.29, 0.717) is 5.92 Å². The second-order valence-electron chi connectivity index (χ2n) is 6.09. The number of hydrogen-bond donors (Lipinski definition) is 0. The molecule has 1 aliphatic rings. The standard InChI is InChI=1S/C16H22N4OS/c1-10-8-19(4)15(17-10)13-6-5-7-20(9-13)16(21)14-11(2)18-12(3)22-14/h8,13H,5-7,9H2,1-4H3/t13-/m0/s1. The maximum atomic E-state index is 12.8. The summed E-state index contributed by atoms with van der Waals surface area (Å²) in [5, 5.41) is 0.953. The number of aromatic nitrogens is 3. The molecule has 6 heteroatoms. The lowest BCUT2D eigenvalue weighted by molar-refractivity contribution is 0.0707. The van der Waals surface area contributed by atoms with E-state index in [2.05, 4.69) is 14.5 Å². The number of likely N-dealkylation sites (tertiary alicyclic amines) is 1. The normalized spacial score (nSPS) is 18.7. The fourth-order valence-electron chi connectivity index (χ4n) is 3.26. The number of thiazole rings is 1. The van der Waals surface area contributed by atoms with E-state index in [-0.39, 0.29) is 5.91 Å². The molecule has 0 N–H and O–H groups in total. The zero-order valence-electron chi connectivity index (χ0n) is 13.6. The van der Waals surface area contributed by atoms with Crippen LogP contribution in [0.5, 0.6) is 0 Å². The van der Waals surface area contributed by atoms with Crippen molar-refractivity contribution in [2.45, 2.75) is 39.5 Å². The minimum atomic E-state index is 0.124. The second-order valence-corrected chi connectivity index (χ2v) is 7.29. The third-order valence-electron chi connectivity index (χ3n) is 4.20. The maximum absolute atomic E-state index is 12.8. The molecule has 0 radical (unpaired) electrons. The van der Waals surface area contributed by atoms with Gasteiger partial charge in [0.1, 0.15) is 10.7 Å². The zero-order valence-corrected chi connectivity index (χ0v) is 14.4. The van der Waals surface area contributed by atoms with E-state index < -0.39 is 0 Å². The summed E-state index contributed by atoms with van der Waals surface area (Å²) >= 11 is 1.50. The SMILES string of the molecule is Cc1cn(C)c([C@H]2CCCN(C(=O)c3sc(C)nc3C)C2)n1. The van der Waals surface area contributed by atoms with Gasteiger partial charge >= 0.3 is 0 Å². The number of carbonyl (C=O) groups is 1. The predicted octanol–water partition coefficient (Wildman–Crippen LogP) is 2.82. The smallest absolute Gasteiger partial charge is 0.265 e. The second kappa shape index (κ2) is 5.83. The molecule has 1 aliphatic heterocycles. The molecule has 2 aromatic heterocycles. The van der Waals surface area contributed by atoms with Gasteiger partial charge in [-0.2, -0.15) is 0 Å². The third-order valence-corrected chi connectivity index (χ3v) is 5.27. The van der Waals surface area contributed by atoms with E-state index in [1.807, 2.05) is 38.9 Å². The molecular formula is C16H22N4OS. The molecule has 0 spiro atoms. The van der Waals surface area contributed by atoms with Crippen LogP contribution in [0.15, 0.2) is 6.20 Å². The van der Waals surface area contributed by atoms with Crippen molar-refractivity contribution in [3.8, 4) is 0 Å². The van der Waals surface area contributed by atoms with Crippen LogP contribution in [0.25, 0.3) is 0 Å². The fraction of sp³-hybridized carbons (Fsp3) is 0.562. The van der Waals surface area contributed by atoms with Gasteiger partial charge < -0.3 is 9.47 Å². The first-order valence-corrected chi connectivity index (χ1v) is 8.50. The number of nitrogens with zero attached hydrogens (tertiary/aromatic N) is 4. The summed E-state index contributed by atoms with van der Waals surface area (Å²) in [6, 6.07) is 0. The fourth-order valence-corrected chi connectivity index (χ4v) is 4.15. The molecule has 1 atom stereocenters. The van der Waals surface area contributed by atoms with Gasteiger partial charge in [-0.1, -0.05) is 0 Å². The van der Waals surface area contributed by atoms with E-state index in [1.165, 1.54) is 11.3 Å². The molecule has 0 aromatic carbocycles. The van der Waals surface area contributed by atoms with Crippen LogP contribution in [-0.4, -0.2) is 38.4 Å². The molecular weight excluding hydrogens is 296 g/mol. The van der Waals surface area contributed by atoms with Crippen molar-refractivity contribution in [2.24, 2.45) is 7.05 Å². The molecule has 0 saturated carbocycles. The average molecular weight is 318 g/mol. The molecule has 5 nitrogen and oxygen atoms in total. The van der Waals surface area contributed by atoms with E-state index >= 15 is 0 Å². The first-order chi connectivity index (χ1) is 10.5. The number of piperidine rings is 1. The Kier molecular flexibility index (Phi) is 4.04. The monoisotopic (exact) mass is 318 g/mol. The average Bonchev–Trinajstić information content (AvgIpc) is 2.99. The van der Waals surface area contributed by atoms with Gasteiger partial charge in [0, 0.05) is 32.3 Å². The van der Waals surface area contributed by atoms with Gasteiger partial charge in [-0.15, -0.1) is 11.3 Å². The Morgan fingerprint density at radius 1 is 1.32 bits per heavy atom. The Labute approximate surface area is 135 Å². The maximum Gasteiger partial charge on any atom is 0.265 e. The van der Waals surface area contributed by atoms with Crippen molar-refractivity contribution in [3.05, 3.63) is 33.3 Å². The van der Waals surface area contributed by atoms with Crippen LogP contribution in [0.3, 0.4) is 0 Å². The Morgan fingerprint density at radius 2 is 2.09 bits per heavy atom. The first kappa shape index (κ1) is 15.2. The topological polar surface area (TPSA) is 51.0 Å². The molecule has 2 aromatic rings. The molecule has 0 aliphatic carbocycles. The molecule has 0 unspecified atom stereocenters. The third kappa shape index (κ3) is 2.79. The highest BCUT2D eigenvalue weighted by Crippen LogP contribution is 2.28. The van der Waals surface area contributed by atoms with Gasteiger partial charge in [0.2, 0.25) is 0 Å². The first-order valence-electron chi connectivity index (χ1n) is 7.69. The van der Waals surface area contributed by atoms with Crippen LogP contribution in [-0.2, 0) is 7.05 Å². The van der Waals surface area contributed by atoms with Crippen molar-refractivity contribution in [3.63, 3.8) is 0 Å². The predicted molar refractivity (Wildman–Crippen MR) is 87.4 cm³/mol. The summed E-state index contributed by atoms with van der Waals surface area (Å²) in [6.07, 6.45) is 4.17. The number of carbonyl (C=O) groups excluding carboxylic acids is 1. The lowest BCUT2D eigenvalue weighted by Gasteiger charge is -2.32. The van der Waals surface area contributed by atoms with Gasteiger partial charge in [0.15, 0.2) is 0 Å². The van der Waals surface area contributed by atoms with Crippen LogP contribution in [0.1, 0.15) is 50.7 Å². The highest BCUT2D eigenvalue weighted by molar-refractivity contribution is 7.13. The largest absolute Gasteiger partial charge is 0.337 e. The van der Waals surface area contributed by atoms with E-state index in [1.54, 1.807) is 0 Å². The van der Waals surface area contributed by atoms with Crippen molar-refractivity contribution in [1.82, 2.24) is 19.4 Å². The number of imidazole rings is 1. The Hall–Kier alpha value is -1.69. The Balaban J connectivity index is 1.80. The van der Waals surface area contributed by atoms with Crippen LogP contribution >= 0.6 is 11.3 Å². The molecule has 118 valence electrons. The van der Waals surface area contributed by atoms with Crippen molar-refractivity contribution in [2.75, 3.05) is 13.1 Å². The highest BCUT2D eigenvalue weighted by Gasteiger charge is 2.29. The summed E-state index contributed by atoms with van der Waals surface area (Å²) in [5.74, 6) is 1.54. The van der Waals surface area contributed by atoms with E-state index in [9.17, 15) is 4.79 Å². The summed E-state index contributed by atoms with van der Waals surface area (Å²) in [4.78, 5) is 24.5. The Bertz CT molecular complexity index is 703. The minimum absolute atomic E-state index is 0.124. The van der Waals surface area contributed by atoms with Gasteiger partial charge in [-0.25, -0.2) is 9.97 Å². The summed E-state index contributed by atoms with van der Waals surface area (Å²) in [5.41, 5.74) is 1.89. The molecule has 22 heavy (non-hydrogen) atoms. The van der Waals surface area contributed by atoms with Crippen molar-refractivity contribution in [1.29, 1.82) is 0 Å². The van der Waals surface area contributed by atoms with Gasteiger partial charge in [-0.3, -0.25) is 4.79 Å². The van der Waals surface area contributed by atoms with Gasteiger partial charge in [0.25, 0.3) is 5.91 Å². The zero-order chi connectivity index (χ0) is 15.9. The number of hydrogen-bond acceptors (Lipinski definition) is 4. The van der Waals surface area contributed by atoms with Crippen LogP contribution < -0.4 is 0 Å². The number of rotatable bonds is 2. The van der Waals surface area contributed by atoms with Crippen LogP contribution in [0, 0.1) is 20.8 Å². The van der Waals surface area contributed by atoms with Gasteiger partial charge in [0.05, 0.1) is 16.4 Å². The quantitative estimate of drug-likeness (QED) is 0.855. The molecule has 3 heterocycles. The highest BCUT2D eigenvalue weighted by atomic mass is 32.1. The van der Waals surface area contributed by atoms with Crippen LogP contribution in [0.4, 0.5) is 0 Å². The van der Waals surface area contributed by atoms with Gasteiger partial charge in [-0.05, 0) is 33.6 Å². The van der Waals surface area contributed by atoms with Crippen molar-refractivity contribution >= 4 is 17.2 Å². The molecule has 1 fully saturated rings. The van der Waals surface area contributed by atoms with Crippen molar-refractivity contribution < 1.29 is 4.79 Å². The molecule has 0 bridgehead atoms. The Morgan fingerprint density at radius 3 is 2.68 bits per heavy atom. The lowest BCUT2D eigenvalue weighted by Crippen LogP contribution is -2.39. The summed E-state index contributed by atoms with van der Waals surface area (Å²) < 4.78 is 2.09. The van der Waals surface area contributed by atoms with E-state index in [0.717, 1.165) is 53.0 Å². The lowest BCUT2D eigenvalue weighted by atomic mass is 9.97. The molecule has 1 amide bonds. The summed E-state index contributed by atoms with van der Waals surface area (Å²) in [6.45, 7) is 7.46.